The summed E-state index contributed by atoms with van der Waals surface area (Å²) < 4.78 is 10.8. The lowest BCUT2D eigenvalue weighted by Gasteiger charge is -2.35. The number of anilines is 1. The number of hydrogen-bond donors (Lipinski definition) is 1. The minimum absolute atomic E-state index is 0.00372. The molecule has 0 aromatic heterocycles. The fourth-order valence-corrected chi connectivity index (χ4v) is 3.16. The number of rotatable bonds is 9. The van der Waals surface area contributed by atoms with Gasteiger partial charge < -0.3 is 19.7 Å². The Bertz CT molecular complexity index is 657. The number of benzene rings is 1. The van der Waals surface area contributed by atoms with Crippen LogP contribution in [0, 0.1) is 13.8 Å². The van der Waals surface area contributed by atoms with E-state index in [-0.39, 0.29) is 11.8 Å². The molecule has 1 N–H and O–H groups in total. The van der Waals surface area contributed by atoms with Crippen LogP contribution in [-0.4, -0.2) is 80.3 Å². The molecule has 2 rings (SSSR count). The van der Waals surface area contributed by atoms with Crippen LogP contribution < -0.4 is 5.32 Å². The number of carbonyl (C=O) groups excluding carboxylic acids is 2. The third-order valence-corrected chi connectivity index (χ3v) is 5.08. The van der Waals surface area contributed by atoms with Crippen molar-refractivity contribution in [3.63, 3.8) is 0 Å². The quantitative estimate of drug-likeness (QED) is 0.651. The van der Waals surface area contributed by atoms with Crippen LogP contribution >= 0.6 is 0 Å². The third-order valence-electron chi connectivity index (χ3n) is 5.08. The van der Waals surface area contributed by atoms with Crippen LogP contribution in [0.3, 0.4) is 0 Å². The van der Waals surface area contributed by atoms with Gasteiger partial charge in [0.25, 0.3) is 5.91 Å². The van der Waals surface area contributed by atoms with Crippen molar-refractivity contribution >= 4 is 17.5 Å². The first-order valence-electron chi connectivity index (χ1n) is 9.99. The summed E-state index contributed by atoms with van der Waals surface area (Å²) in [5, 5.41) is 2.99. The van der Waals surface area contributed by atoms with Gasteiger partial charge in [-0.2, -0.15) is 0 Å². The van der Waals surface area contributed by atoms with Gasteiger partial charge >= 0.3 is 0 Å². The number of aryl methyl sites for hydroxylation is 1. The molecule has 0 radical (unpaired) electrons. The summed E-state index contributed by atoms with van der Waals surface area (Å²) in [6, 6.07) is 5.90. The van der Waals surface area contributed by atoms with Gasteiger partial charge in [0.05, 0.1) is 19.8 Å². The standard InChI is InChI=1S/C21H33N3O4/c1-5-27-13-14-28-18(4)21(26)24-11-9-23(10-12-24)15-20(25)22-19-8-6-7-16(2)17(19)3/h6-8,18H,5,9-15H2,1-4H3,(H,22,25). The van der Waals surface area contributed by atoms with Crippen LogP contribution in [0.2, 0.25) is 0 Å². The van der Waals surface area contributed by atoms with Gasteiger partial charge in [-0.25, -0.2) is 0 Å². The molecule has 0 bridgehead atoms. The van der Waals surface area contributed by atoms with Crippen LogP contribution in [0.5, 0.6) is 0 Å². The Balaban J connectivity index is 1.73. The van der Waals surface area contributed by atoms with E-state index in [1.165, 1.54) is 0 Å². The Labute approximate surface area is 168 Å². The van der Waals surface area contributed by atoms with Crippen molar-refractivity contribution < 1.29 is 19.1 Å². The Hall–Kier alpha value is -1.96. The molecule has 1 aromatic rings. The molecular formula is C21H33N3O4. The highest BCUT2D eigenvalue weighted by Crippen LogP contribution is 2.18. The monoisotopic (exact) mass is 391 g/mol. The summed E-state index contributed by atoms with van der Waals surface area (Å²) in [7, 11) is 0. The Kier molecular flexibility index (Phi) is 8.89. The van der Waals surface area contributed by atoms with E-state index < -0.39 is 6.10 Å². The molecule has 7 heteroatoms. The summed E-state index contributed by atoms with van der Waals surface area (Å²) in [6.07, 6.45) is -0.473. The first-order valence-corrected chi connectivity index (χ1v) is 9.99. The van der Waals surface area contributed by atoms with Crippen molar-refractivity contribution in [3.05, 3.63) is 29.3 Å². The maximum Gasteiger partial charge on any atom is 0.251 e. The highest BCUT2D eigenvalue weighted by atomic mass is 16.5. The Morgan fingerprint density at radius 2 is 1.86 bits per heavy atom. The average molecular weight is 392 g/mol. The average Bonchev–Trinajstić information content (AvgIpc) is 2.68. The minimum Gasteiger partial charge on any atom is -0.379 e. The molecule has 156 valence electrons. The highest BCUT2D eigenvalue weighted by molar-refractivity contribution is 5.93. The molecule has 0 saturated carbocycles. The lowest BCUT2D eigenvalue weighted by Crippen LogP contribution is -2.52. The van der Waals surface area contributed by atoms with E-state index in [9.17, 15) is 9.59 Å². The summed E-state index contributed by atoms with van der Waals surface area (Å²) in [5.41, 5.74) is 3.10. The molecule has 0 aliphatic carbocycles. The molecule has 1 atom stereocenters. The summed E-state index contributed by atoms with van der Waals surface area (Å²) in [6.45, 7) is 12.2. The predicted octanol–water partition coefficient (Wildman–Crippen LogP) is 1.83. The topological polar surface area (TPSA) is 71.1 Å². The number of amides is 2. The SMILES string of the molecule is CCOCCOC(C)C(=O)N1CCN(CC(=O)Nc2cccc(C)c2C)CC1. The highest BCUT2D eigenvalue weighted by Gasteiger charge is 2.26. The first-order chi connectivity index (χ1) is 13.4. The molecule has 28 heavy (non-hydrogen) atoms. The number of ether oxygens (including phenoxy) is 2. The van der Waals surface area contributed by atoms with Crippen LogP contribution in [0.15, 0.2) is 18.2 Å². The van der Waals surface area contributed by atoms with Crippen molar-refractivity contribution in [2.75, 3.05) is 57.9 Å². The van der Waals surface area contributed by atoms with Crippen molar-refractivity contribution in [1.29, 1.82) is 0 Å². The number of carbonyl (C=O) groups is 2. The van der Waals surface area contributed by atoms with Crippen LogP contribution in [-0.2, 0) is 19.1 Å². The largest absolute Gasteiger partial charge is 0.379 e. The molecular weight excluding hydrogens is 358 g/mol. The van der Waals surface area contributed by atoms with Gasteiger partial charge in [-0.05, 0) is 44.9 Å². The van der Waals surface area contributed by atoms with Gasteiger partial charge in [0.15, 0.2) is 0 Å². The number of nitrogens with zero attached hydrogens (tertiary/aromatic N) is 2. The van der Waals surface area contributed by atoms with Crippen LogP contribution in [0.4, 0.5) is 5.69 Å². The number of nitrogens with one attached hydrogen (secondary N) is 1. The maximum atomic E-state index is 12.5. The van der Waals surface area contributed by atoms with Crippen molar-refractivity contribution in [2.24, 2.45) is 0 Å². The molecule has 1 saturated heterocycles. The van der Waals surface area contributed by atoms with Gasteiger partial charge in [-0.15, -0.1) is 0 Å². The van der Waals surface area contributed by atoms with E-state index in [0.717, 1.165) is 16.8 Å². The lowest BCUT2D eigenvalue weighted by atomic mass is 10.1. The van der Waals surface area contributed by atoms with Crippen molar-refractivity contribution in [3.8, 4) is 0 Å². The van der Waals surface area contributed by atoms with Crippen molar-refractivity contribution in [1.82, 2.24) is 9.80 Å². The molecule has 1 unspecified atom stereocenters. The smallest absolute Gasteiger partial charge is 0.251 e. The van der Waals surface area contributed by atoms with Gasteiger partial charge in [0.1, 0.15) is 6.10 Å². The zero-order valence-corrected chi connectivity index (χ0v) is 17.5. The lowest BCUT2D eigenvalue weighted by molar-refractivity contribution is -0.145. The van der Waals surface area contributed by atoms with E-state index >= 15 is 0 Å². The fourth-order valence-electron chi connectivity index (χ4n) is 3.16. The minimum atomic E-state index is -0.473. The number of piperazine rings is 1. The van der Waals surface area contributed by atoms with Crippen LogP contribution in [0.25, 0.3) is 0 Å². The molecule has 7 nitrogen and oxygen atoms in total. The third kappa shape index (κ3) is 6.58. The van der Waals surface area contributed by atoms with Gasteiger partial charge in [-0.3, -0.25) is 14.5 Å². The summed E-state index contributed by atoms with van der Waals surface area (Å²) in [4.78, 5) is 28.7. The normalized spacial score (nSPS) is 16.1. The number of hydrogen-bond acceptors (Lipinski definition) is 5. The molecule has 1 aromatic carbocycles. The van der Waals surface area contributed by atoms with E-state index in [2.05, 4.69) is 10.2 Å². The van der Waals surface area contributed by atoms with E-state index in [0.29, 0.717) is 52.5 Å². The molecule has 1 fully saturated rings. The van der Waals surface area contributed by atoms with Gasteiger partial charge in [0, 0.05) is 38.5 Å². The maximum absolute atomic E-state index is 12.5. The van der Waals surface area contributed by atoms with Gasteiger partial charge in [0.2, 0.25) is 5.91 Å². The van der Waals surface area contributed by atoms with E-state index in [1.807, 2.05) is 43.9 Å². The second kappa shape index (κ2) is 11.1. The first kappa shape index (κ1) is 22.3. The molecule has 2 amide bonds. The van der Waals surface area contributed by atoms with Crippen molar-refractivity contribution in [2.45, 2.75) is 33.8 Å². The fraction of sp³-hybridized carbons (Fsp3) is 0.619. The molecule has 0 spiro atoms. The summed E-state index contributed by atoms with van der Waals surface area (Å²) in [5.74, 6) is -0.0305. The Morgan fingerprint density at radius 3 is 2.54 bits per heavy atom. The summed E-state index contributed by atoms with van der Waals surface area (Å²) >= 11 is 0. The molecule has 1 aliphatic heterocycles. The van der Waals surface area contributed by atoms with E-state index in [1.54, 1.807) is 6.92 Å². The Morgan fingerprint density at radius 1 is 1.14 bits per heavy atom. The second-order valence-corrected chi connectivity index (χ2v) is 7.11. The van der Waals surface area contributed by atoms with E-state index in [4.69, 9.17) is 9.47 Å². The zero-order valence-electron chi connectivity index (χ0n) is 17.5. The predicted molar refractivity (Wildman–Crippen MR) is 109 cm³/mol. The van der Waals surface area contributed by atoms with Crippen LogP contribution in [0.1, 0.15) is 25.0 Å². The molecule has 1 heterocycles. The van der Waals surface area contributed by atoms with Gasteiger partial charge in [-0.1, -0.05) is 12.1 Å². The zero-order chi connectivity index (χ0) is 20.5. The molecule has 1 aliphatic rings. The second-order valence-electron chi connectivity index (χ2n) is 7.11.